The van der Waals surface area contributed by atoms with Crippen molar-refractivity contribution in [3.63, 3.8) is 0 Å². The third-order valence-corrected chi connectivity index (χ3v) is 7.11. The molecular formula is C28H39ClN6O5. The fraction of sp³-hybridized carbons (Fsp3) is 0.536. The maximum Gasteiger partial charge on any atom is 0.273 e. The van der Waals surface area contributed by atoms with Gasteiger partial charge in [0.2, 0.25) is 23.6 Å². The van der Waals surface area contributed by atoms with Gasteiger partial charge in [0.25, 0.3) is 5.91 Å². The minimum atomic E-state index is -0.856. The van der Waals surface area contributed by atoms with Crippen molar-refractivity contribution >= 4 is 36.0 Å². The number of amides is 4. The van der Waals surface area contributed by atoms with Crippen LogP contribution >= 0.6 is 12.4 Å². The van der Waals surface area contributed by atoms with Gasteiger partial charge in [-0.15, -0.1) is 12.4 Å². The minimum Gasteiger partial charge on any atom is -0.446 e. The van der Waals surface area contributed by atoms with E-state index in [-0.39, 0.29) is 47.8 Å². The summed E-state index contributed by atoms with van der Waals surface area (Å²) in [6.07, 6.45) is 4.84. The zero-order valence-corrected chi connectivity index (χ0v) is 23.7. The molecule has 0 unspecified atom stereocenters. The van der Waals surface area contributed by atoms with Crippen LogP contribution in [0.5, 0.6) is 0 Å². The molecule has 12 heteroatoms. The van der Waals surface area contributed by atoms with Crippen LogP contribution in [0.15, 0.2) is 41.0 Å². The SMILES string of the molecule is CC(C)[C@@H]1NC(=O)[C@@H](NC(=O)[C@@H]2CCCN2)CCCCNC(=O)c2coc(n2)[C@@H](Cc2ccccc2)NC1=O.Cl. The molecule has 2 aliphatic heterocycles. The first-order valence-electron chi connectivity index (χ1n) is 13.7. The van der Waals surface area contributed by atoms with E-state index >= 15 is 0 Å². The van der Waals surface area contributed by atoms with E-state index in [1.807, 2.05) is 44.2 Å². The van der Waals surface area contributed by atoms with Crippen LogP contribution < -0.4 is 26.6 Å². The number of halogens is 1. The summed E-state index contributed by atoms with van der Waals surface area (Å²) in [5.41, 5.74) is 1.07. The molecule has 4 atom stereocenters. The Labute approximate surface area is 240 Å². The molecule has 11 nitrogen and oxygen atoms in total. The number of rotatable bonds is 5. The van der Waals surface area contributed by atoms with Gasteiger partial charge in [-0.25, -0.2) is 4.98 Å². The zero-order chi connectivity index (χ0) is 27.8. The Kier molecular flexibility index (Phi) is 11.5. The summed E-state index contributed by atoms with van der Waals surface area (Å²) < 4.78 is 5.64. The van der Waals surface area contributed by atoms with Crippen molar-refractivity contribution < 1.29 is 23.6 Å². The van der Waals surface area contributed by atoms with E-state index in [9.17, 15) is 19.2 Å². The fourth-order valence-electron chi connectivity index (χ4n) is 4.87. The lowest BCUT2D eigenvalue weighted by Gasteiger charge is -2.27. The van der Waals surface area contributed by atoms with Gasteiger partial charge in [0.05, 0.1) is 6.04 Å². The van der Waals surface area contributed by atoms with Gasteiger partial charge < -0.3 is 31.0 Å². The fourth-order valence-corrected chi connectivity index (χ4v) is 4.87. The second-order valence-electron chi connectivity index (χ2n) is 10.5. The normalized spacial score (nSPS) is 24.4. The number of hydrogen-bond donors (Lipinski definition) is 5. The summed E-state index contributed by atoms with van der Waals surface area (Å²) in [6, 6.07) is 6.89. The van der Waals surface area contributed by atoms with Gasteiger partial charge in [0, 0.05) is 13.0 Å². The van der Waals surface area contributed by atoms with Crippen LogP contribution in [0.25, 0.3) is 0 Å². The number of hydrogen-bond acceptors (Lipinski definition) is 7. The highest BCUT2D eigenvalue weighted by atomic mass is 35.5. The molecule has 218 valence electrons. The Bertz CT molecular complexity index is 1150. The summed E-state index contributed by atoms with van der Waals surface area (Å²) >= 11 is 0. The highest BCUT2D eigenvalue weighted by Gasteiger charge is 2.33. The standard InChI is InChI=1S/C28H38N6O5.ClH/c1-17(2)23-27(38)32-21(15-18-9-4-3-5-10-18)28-33-22(16-39-28)24(35)30-13-7-6-11-20(26(37)34-23)31-25(36)19-12-8-14-29-19;/h3-5,9-10,16-17,19-21,23,29H,6-8,11-15H2,1-2H3,(H,30,35)(H,31,36)(H,32,38)(H,34,37);1H/t19-,20-,21+,23-;/m0./s1. The minimum absolute atomic E-state index is 0. The summed E-state index contributed by atoms with van der Waals surface area (Å²) in [5, 5.41) is 14.7. The Morgan fingerprint density at radius 2 is 1.80 bits per heavy atom. The molecule has 40 heavy (non-hydrogen) atoms. The number of carbonyl (C=O) groups is 4. The quantitative estimate of drug-likeness (QED) is 0.365. The van der Waals surface area contributed by atoms with Crippen LogP contribution in [0, 0.1) is 5.92 Å². The summed E-state index contributed by atoms with van der Waals surface area (Å²) in [4.78, 5) is 56.8. The van der Waals surface area contributed by atoms with Crippen molar-refractivity contribution in [3.8, 4) is 0 Å². The number of nitrogens with one attached hydrogen (secondary N) is 5. The number of fused-ring (bicyclic) bond motifs is 2. The smallest absolute Gasteiger partial charge is 0.273 e. The predicted molar refractivity (Wildman–Crippen MR) is 151 cm³/mol. The molecule has 2 aliphatic rings. The summed E-state index contributed by atoms with van der Waals surface area (Å²) in [5.74, 6) is -1.45. The topological polar surface area (TPSA) is 154 Å². The number of carbonyl (C=O) groups excluding carboxylic acids is 4. The Hall–Kier alpha value is -3.44. The molecule has 0 saturated carbocycles. The van der Waals surface area contributed by atoms with E-state index in [0.717, 1.165) is 18.5 Å². The number of benzene rings is 1. The van der Waals surface area contributed by atoms with E-state index in [1.54, 1.807) is 0 Å². The average Bonchev–Trinajstić information content (AvgIpc) is 3.63. The average molecular weight is 575 g/mol. The molecule has 0 radical (unpaired) electrons. The van der Waals surface area contributed by atoms with Gasteiger partial charge >= 0.3 is 0 Å². The van der Waals surface area contributed by atoms with E-state index in [2.05, 4.69) is 31.6 Å². The molecule has 0 aliphatic carbocycles. The van der Waals surface area contributed by atoms with E-state index in [1.165, 1.54) is 6.26 Å². The van der Waals surface area contributed by atoms with Crippen molar-refractivity contribution in [2.24, 2.45) is 5.92 Å². The third kappa shape index (κ3) is 8.28. The first kappa shape index (κ1) is 31.1. The van der Waals surface area contributed by atoms with Crippen molar-refractivity contribution in [1.29, 1.82) is 0 Å². The van der Waals surface area contributed by atoms with Crippen LogP contribution in [0.1, 0.15) is 73.9 Å². The molecule has 5 N–H and O–H groups in total. The molecule has 0 spiro atoms. The van der Waals surface area contributed by atoms with E-state index < -0.39 is 29.9 Å². The molecule has 2 aromatic rings. The van der Waals surface area contributed by atoms with E-state index in [4.69, 9.17) is 4.42 Å². The van der Waals surface area contributed by atoms with Gasteiger partial charge in [0.15, 0.2) is 5.69 Å². The molecule has 1 aromatic carbocycles. The van der Waals surface area contributed by atoms with E-state index in [0.29, 0.717) is 38.6 Å². The number of aromatic nitrogens is 1. The second kappa shape index (κ2) is 14.8. The first-order chi connectivity index (χ1) is 18.8. The largest absolute Gasteiger partial charge is 0.446 e. The van der Waals surface area contributed by atoms with Gasteiger partial charge in [-0.3, -0.25) is 19.2 Å². The molecule has 3 heterocycles. The lowest BCUT2D eigenvalue weighted by Crippen LogP contribution is -2.57. The maximum atomic E-state index is 13.5. The zero-order valence-electron chi connectivity index (χ0n) is 22.9. The van der Waals surface area contributed by atoms with Crippen molar-refractivity contribution in [2.45, 2.75) is 76.5 Å². The van der Waals surface area contributed by atoms with Crippen LogP contribution in [0.4, 0.5) is 0 Å². The van der Waals surface area contributed by atoms with Crippen LogP contribution in [-0.2, 0) is 20.8 Å². The first-order valence-corrected chi connectivity index (χ1v) is 13.7. The molecule has 2 bridgehead atoms. The van der Waals surface area contributed by atoms with Gasteiger partial charge in [0.1, 0.15) is 24.4 Å². The summed E-state index contributed by atoms with van der Waals surface area (Å²) in [6.45, 7) is 4.84. The summed E-state index contributed by atoms with van der Waals surface area (Å²) in [7, 11) is 0. The van der Waals surface area contributed by atoms with Crippen LogP contribution in [0.3, 0.4) is 0 Å². The Balaban J connectivity index is 0.00000441. The number of nitrogens with zero attached hydrogens (tertiary/aromatic N) is 1. The van der Waals surface area contributed by atoms with Crippen LogP contribution in [-0.4, -0.2) is 59.8 Å². The van der Waals surface area contributed by atoms with Crippen molar-refractivity contribution in [2.75, 3.05) is 13.1 Å². The number of oxazole rings is 1. The Morgan fingerprint density at radius 1 is 1.02 bits per heavy atom. The molecule has 4 rings (SSSR count). The Morgan fingerprint density at radius 3 is 2.50 bits per heavy atom. The molecule has 1 aromatic heterocycles. The lowest BCUT2D eigenvalue weighted by molar-refractivity contribution is -0.133. The molecule has 4 amide bonds. The molecule has 1 fully saturated rings. The van der Waals surface area contributed by atoms with Gasteiger partial charge in [-0.2, -0.15) is 0 Å². The highest BCUT2D eigenvalue weighted by Crippen LogP contribution is 2.20. The monoisotopic (exact) mass is 574 g/mol. The van der Waals surface area contributed by atoms with Gasteiger partial charge in [-0.05, 0) is 50.1 Å². The van der Waals surface area contributed by atoms with Crippen LogP contribution in [0.2, 0.25) is 0 Å². The molecular weight excluding hydrogens is 536 g/mol. The second-order valence-corrected chi connectivity index (χ2v) is 10.5. The third-order valence-electron chi connectivity index (χ3n) is 7.11. The molecule has 1 saturated heterocycles. The van der Waals surface area contributed by atoms with Gasteiger partial charge in [-0.1, -0.05) is 44.2 Å². The highest BCUT2D eigenvalue weighted by molar-refractivity contribution is 5.93. The van der Waals surface area contributed by atoms with Crippen molar-refractivity contribution in [1.82, 2.24) is 31.6 Å². The van der Waals surface area contributed by atoms with Crippen molar-refractivity contribution in [3.05, 3.63) is 53.7 Å². The predicted octanol–water partition coefficient (Wildman–Crippen LogP) is 1.79. The lowest BCUT2D eigenvalue weighted by atomic mass is 10.00. The maximum absolute atomic E-state index is 13.5.